The maximum Gasteiger partial charge on any atom is 0.573 e. The molecule has 0 fully saturated rings. The van der Waals surface area contributed by atoms with Gasteiger partial charge >= 0.3 is 12.5 Å². The van der Waals surface area contributed by atoms with Gasteiger partial charge in [-0.1, -0.05) is 36.4 Å². The molecule has 0 amide bonds. The highest BCUT2D eigenvalue weighted by molar-refractivity contribution is 7.92. The summed E-state index contributed by atoms with van der Waals surface area (Å²) in [7, 11) is -4.73. The van der Waals surface area contributed by atoms with E-state index in [2.05, 4.69) is 24.9 Å². The van der Waals surface area contributed by atoms with E-state index in [9.17, 15) is 34.8 Å². The predicted octanol–water partition coefficient (Wildman–Crippen LogP) is 6.64. The number of halogens is 6. The van der Waals surface area contributed by atoms with Crippen molar-refractivity contribution in [2.45, 2.75) is 30.9 Å². The number of hydrogen-bond donors (Lipinski definition) is 1. The van der Waals surface area contributed by atoms with Gasteiger partial charge in [0.1, 0.15) is 17.1 Å². The molecule has 3 aromatic carbocycles. The number of fused-ring (bicyclic) bond motifs is 1. The van der Waals surface area contributed by atoms with Gasteiger partial charge in [0, 0.05) is 17.1 Å². The molecule has 0 aliphatic rings. The summed E-state index contributed by atoms with van der Waals surface area (Å²) in [6.07, 6.45) is -8.87. The van der Waals surface area contributed by atoms with Crippen molar-refractivity contribution < 1.29 is 39.5 Å². The van der Waals surface area contributed by atoms with Gasteiger partial charge in [-0.2, -0.15) is 18.3 Å². The second-order valence-corrected chi connectivity index (χ2v) is 10.9. The molecule has 0 atom stereocenters. The zero-order valence-electron chi connectivity index (χ0n) is 21.4. The minimum absolute atomic E-state index is 0.0731. The number of aryl methyl sites for hydroxylation is 1. The van der Waals surface area contributed by atoms with Crippen LogP contribution in [0.1, 0.15) is 17.0 Å². The van der Waals surface area contributed by atoms with Gasteiger partial charge in [-0.05, 0) is 54.3 Å². The summed E-state index contributed by atoms with van der Waals surface area (Å²) in [4.78, 5) is 7.73. The van der Waals surface area contributed by atoms with Crippen LogP contribution in [-0.2, 0) is 22.7 Å². The minimum Gasteiger partial charge on any atom is -0.406 e. The Hall–Kier alpha value is -4.66. The predicted molar refractivity (Wildman–Crippen MR) is 140 cm³/mol. The zero-order valence-corrected chi connectivity index (χ0v) is 22.2. The molecule has 2 aromatic heterocycles. The third kappa shape index (κ3) is 6.00. The number of pyridine rings is 1. The first-order valence-electron chi connectivity index (χ1n) is 12.0. The number of hydrogen-bond acceptors (Lipinski definition) is 6. The molecule has 1 N–H and O–H groups in total. The molecule has 15 heteroatoms. The second kappa shape index (κ2) is 10.6. The molecule has 0 unspecified atom stereocenters. The normalized spacial score (nSPS) is 12.5. The summed E-state index contributed by atoms with van der Waals surface area (Å²) in [5, 5.41) is 6.51. The summed E-state index contributed by atoms with van der Waals surface area (Å²) >= 11 is 0. The van der Waals surface area contributed by atoms with Gasteiger partial charge in [0.2, 0.25) is 0 Å². The van der Waals surface area contributed by atoms with Gasteiger partial charge < -0.3 is 4.74 Å². The van der Waals surface area contributed by atoms with Crippen LogP contribution in [0.5, 0.6) is 5.75 Å². The SMILES string of the molecule is Cc1nc(-c2ccc(S(=O)(=O)N(Cc3ccc(OC(F)(F)F)cc3)c3ncc4ccccc4c3C(F)(F)F)cc2)n[nH]1. The summed E-state index contributed by atoms with van der Waals surface area (Å²) in [5.41, 5.74) is -0.761. The molecule has 0 saturated heterocycles. The molecule has 5 rings (SSSR count). The Kier molecular flexibility index (Phi) is 7.30. The quantitative estimate of drug-likeness (QED) is 0.208. The summed E-state index contributed by atoms with van der Waals surface area (Å²) in [5.74, 6) is -0.685. The van der Waals surface area contributed by atoms with E-state index in [1.807, 2.05) is 0 Å². The van der Waals surface area contributed by atoms with Gasteiger partial charge in [-0.15, -0.1) is 13.2 Å². The largest absolute Gasteiger partial charge is 0.573 e. The van der Waals surface area contributed by atoms with Crippen LogP contribution in [-0.4, -0.2) is 34.9 Å². The molecule has 8 nitrogen and oxygen atoms in total. The fourth-order valence-corrected chi connectivity index (χ4v) is 5.65. The van der Waals surface area contributed by atoms with Crippen molar-refractivity contribution in [1.82, 2.24) is 20.2 Å². The maximum atomic E-state index is 14.5. The lowest BCUT2D eigenvalue weighted by molar-refractivity contribution is -0.274. The fourth-order valence-electron chi connectivity index (χ4n) is 4.23. The maximum absolute atomic E-state index is 14.5. The van der Waals surface area contributed by atoms with E-state index in [4.69, 9.17) is 0 Å². The van der Waals surface area contributed by atoms with Crippen LogP contribution in [0.15, 0.2) is 83.9 Å². The van der Waals surface area contributed by atoms with Gasteiger partial charge in [-0.25, -0.2) is 22.7 Å². The van der Waals surface area contributed by atoms with Crippen molar-refractivity contribution in [3.63, 3.8) is 0 Å². The Bertz CT molecular complexity index is 1840. The Labute approximate surface area is 234 Å². The first-order valence-corrected chi connectivity index (χ1v) is 13.5. The van der Waals surface area contributed by atoms with Crippen molar-refractivity contribution in [3.8, 4) is 17.1 Å². The van der Waals surface area contributed by atoms with E-state index < -0.39 is 46.2 Å². The van der Waals surface area contributed by atoms with E-state index >= 15 is 0 Å². The molecule has 5 aromatic rings. The Morgan fingerprint density at radius 2 is 1.57 bits per heavy atom. The number of ether oxygens (including phenoxy) is 1. The standard InChI is InChI=1S/C27H19F6N5O3S/c1-16-35-24(37-36-16)18-8-12-21(13-9-18)42(39,40)38(15-17-6-10-20(11-7-17)41-27(31,32)33)25-23(26(28,29)30)22-5-3-2-4-19(22)14-34-25/h2-14H,15H2,1H3,(H,35,36,37). The topological polar surface area (TPSA) is 101 Å². The molecule has 0 radical (unpaired) electrons. The van der Waals surface area contributed by atoms with Gasteiger partial charge in [0.05, 0.1) is 11.4 Å². The number of H-pyrrole nitrogens is 1. The highest BCUT2D eigenvalue weighted by Crippen LogP contribution is 2.42. The molecule has 218 valence electrons. The first-order chi connectivity index (χ1) is 19.7. The van der Waals surface area contributed by atoms with Gasteiger partial charge in [0.15, 0.2) is 11.6 Å². The highest BCUT2D eigenvalue weighted by atomic mass is 32.2. The van der Waals surface area contributed by atoms with Crippen LogP contribution in [0.25, 0.3) is 22.2 Å². The molecule has 0 aliphatic heterocycles. The van der Waals surface area contributed by atoms with Crippen LogP contribution in [0.2, 0.25) is 0 Å². The van der Waals surface area contributed by atoms with E-state index in [-0.39, 0.29) is 27.1 Å². The van der Waals surface area contributed by atoms with Gasteiger partial charge in [0.25, 0.3) is 10.0 Å². The number of benzene rings is 3. The number of aromatic amines is 1. The molecule has 0 spiro atoms. The Morgan fingerprint density at radius 3 is 2.17 bits per heavy atom. The average molecular weight is 608 g/mol. The molecule has 0 saturated carbocycles. The molecule has 0 aliphatic carbocycles. The van der Waals surface area contributed by atoms with Crippen LogP contribution < -0.4 is 9.04 Å². The monoisotopic (exact) mass is 607 g/mol. The fraction of sp³-hybridized carbons (Fsp3) is 0.148. The number of sulfonamides is 1. The van der Waals surface area contributed by atoms with E-state index in [0.717, 1.165) is 30.5 Å². The third-order valence-corrected chi connectivity index (χ3v) is 7.83. The van der Waals surface area contributed by atoms with Crippen LogP contribution in [0.3, 0.4) is 0 Å². The van der Waals surface area contributed by atoms with Crippen molar-refractivity contribution in [1.29, 1.82) is 0 Å². The van der Waals surface area contributed by atoms with E-state index in [1.54, 1.807) is 6.92 Å². The molecular formula is C27H19F6N5O3S. The van der Waals surface area contributed by atoms with Crippen molar-refractivity contribution in [2.75, 3.05) is 4.31 Å². The average Bonchev–Trinajstić information content (AvgIpc) is 3.37. The number of alkyl halides is 6. The van der Waals surface area contributed by atoms with Crippen molar-refractivity contribution in [3.05, 3.63) is 95.9 Å². The minimum atomic E-state index is -5.02. The zero-order chi connectivity index (χ0) is 30.3. The lowest BCUT2D eigenvalue weighted by Gasteiger charge is -2.27. The Balaban J connectivity index is 1.63. The van der Waals surface area contributed by atoms with Crippen molar-refractivity contribution >= 4 is 26.6 Å². The van der Waals surface area contributed by atoms with Crippen LogP contribution in [0.4, 0.5) is 32.2 Å². The Morgan fingerprint density at radius 1 is 0.905 bits per heavy atom. The second-order valence-electron chi connectivity index (χ2n) is 9.01. The molecular weight excluding hydrogens is 588 g/mol. The third-order valence-electron chi connectivity index (χ3n) is 6.08. The molecule has 2 heterocycles. The summed E-state index contributed by atoms with van der Waals surface area (Å²) < 4.78 is 114. The van der Waals surface area contributed by atoms with Crippen LogP contribution >= 0.6 is 0 Å². The summed E-state index contributed by atoms with van der Waals surface area (Å²) in [6.45, 7) is 0.981. The van der Waals surface area contributed by atoms with Crippen molar-refractivity contribution in [2.24, 2.45) is 0 Å². The number of aromatic nitrogens is 4. The van der Waals surface area contributed by atoms with Gasteiger partial charge in [-0.3, -0.25) is 5.10 Å². The van der Waals surface area contributed by atoms with E-state index in [1.165, 1.54) is 48.5 Å². The smallest absolute Gasteiger partial charge is 0.406 e. The highest BCUT2D eigenvalue weighted by Gasteiger charge is 2.41. The van der Waals surface area contributed by atoms with E-state index in [0.29, 0.717) is 15.7 Å². The number of nitrogens with one attached hydrogen (secondary N) is 1. The molecule has 42 heavy (non-hydrogen) atoms. The lowest BCUT2D eigenvalue weighted by atomic mass is 10.1. The molecule has 0 bridgehead atoms. The number of nitrogens with zero attached hydrogens (tertiary/aromatic N) is 4. The summed E-state index contributed by atoms with van der Waals surface area (Å²) in [6, 6.07) is 14.8. The van der Waals surface area contributed by atoms with Crippen LogP contribution in [0, 0.1) is 6.92 Å². The number of rotatable bonds is 7. The lowest BCUT2D eigenvalue weighted by Crippen LogP contribution is -2.33. The number of anilines is 1. The first kappa shape index (κ1) is 28.9.